The zero-order valence-corrected chi connectivity index (χ0v) is 13.7. The number of hydrogen-bond donors (Lipinski definition) is 1. The van der Waals surface area contributed by atoms with Crippen molar-refractivity contribution in [1.82, 2.24) is 10.2 Å². The van der Waals surface area contributed by atoms with E-state index in [0.29, 0.717) is 18.3 Å². The Kier molecular flexibility index (Phi) is 5.54. The third-order valence-electron chi connectivity index (χ3n) is 5.63. The highest BCUT2D eigenvalue weighted by Gasteiger charge is 2.33. The molecule has 1 heterocycles. The van der Waals surface area contributed by atoms with Crippen LogP contribution in [0, 0.1) is 0 Å². The van der Waals surface area contributed by atoms with E-state index >= 15 is 0 Å². The van der Waals surface area contributed by atoms with E-state index in [1.165, 1.54) is 51.6 Å². The van der Waals surface area contributed by atoms with Crippen LogP contribution in [0.25, 0.3) is 0 Å². The van der Waals surface area contributed by atoms with E-state index < -0.39 is 0 Å². The van der Waals surface area contributed by atoms with Crippen LogP contribution in [-0.2, 0) is 9.47 Å². The minimum Gasteiger partial charge on any atom is -0.381 e. The van der Waals surface area contributed by atoms with Crippen molar-refractivity contribution >= 4 is 0 Å². The lowest BCUT2D eigenvalue weighted by Crippen LogP contribution is -2.47. The van der Waals surface area contributed by atoms with Crippen LogP contribution < -0.4 is 5.32 Å². The lowest BCUT2D eigenvalue weighted by atomic mass is 9.89. The van der Waals surface area contributed by atoms with Crippen LogP contribution in [-0.4, -0.2) is 62.5 Å². The molecule has 2 saturated carbocycles. The molecule has 3 rings (SSSR count). The number of rotatable bonds is 5. The molecular weight excluding hydrogens is 264 g/mol. The number of piperidine rings is 1. The van der Waals surface area contributed by atoms with E-state index in [-0.39, 0.29) is 0 Å². The smallest absolute Gasteiger partial charge is 0.0628 e. The number of hydrogen-bond acceptors (Lipinski definition) is 4. The Morgan fingerprint density at radius 3 is 2.05 bits per heavy atom. The van der Waals surface area contributed by atoms with Crippen molar-refractivity contribution in [1.29, 1.82) is 0 Å². The number of likely N-dealkylation sites (tertiary alicyclic amines) is 1. The van der Waals surface area contributed by atoms with Gasteiger partial charge in [0, 0.05) is 19.2 Å². The van der Waals surface area contributed by atoms with Gasteiger partial charge < -0.3 is 19.7 Å². The largest absolute Gasteiger partial charge is 0.381 e. The molecular formula is C17H32N2O2. The zero-order chi connectivity index (χ0) is 14.7. The van der Waals surface area contributed by atoms with Gasteiger partial charge >= 0.3 is 0 Å². The number of nitrogens with zero attached hydrogens (tertiary/aromatic N) is 1. The standard InChI is InChI=1S/C17H32N2O2/c1-19-9-7-14(8-10-19)18-13-3-5-15(6-4-13)21-17-11-16(12-17)20-2/h13-18H,3-12H2,1-2H3. The van der Waals surface area contributed by atoms with E-state index in [2.05, 4.69) is 17.3 Å². The summed E-state index contributed by atoms with van der Waals surface area (Å²) in [4.78, 5) is 2.44. The highest BCUT2D eigenvalue weighted by atomic mass is 16.5. The summed E-state index contributed by atoms with van der Waals surface area (Å²) in [6.07, 6.45) is 11.3. The van der Waals surface area contributed by atoms with Crippen molar-refractivity contribution in [3.05, 3.63) is 0 Å². The predicted molar refractivity (Wildman–Crippen MR) is 84.6 cm³/mol. The van der Waals surface area contributed by atoms with Crippen LogP contribution in [0.2, 0.25) is 0 Å². The highest BCUT2D eigenvalue weighted by Crippen LogP contribution is 2.31. The van der Waals surface area contributed by atoms with Gasteiger partial charge in [-0.05, 0) is 71.5 Å². The molecule has 1 saturated heterocycles. The molecule has 0 amide bonds. The first-order chi connectivity index (χ1) is 10.2. The minimum absolute atomic E-state index is 0.456. The zero-order valence-electron chi connectivity index (χ0n) is 13.7. The SMILES string of the molecule is COC1CC(OC2CCC(NC3CCN(C)CC3)CC2)C1. The van der Waals surface area contributed by atoms with Gasteiger partial charge in [0.2, 0.25) is 0 Å². The fourth-order valence-electron chi connectivity index (χ4n) is 3.97. The van der Waals surface area contributed by atoms with Crippen LogP contribution in [0.1, 0.15) is 51.4 Å². The van der Waals surface area contributed by atoms with Crippen molar-refractivity contribution in [3.8, 4) is 0 Å². The first-order valence-corrected chi connectivity index (χ1v) is 8.85. The molecule has 3 aliphatic rings. The normalized spacial score (nSPS) is 39.1. The molecule has 0 bridgehead atoms. The Morgan fingerprint density at radius 2 is 1.43 bits per heavy atom. The van der Waals surface area contributed by atoms with Gasteiger partial charge in [-0.15, -0.1) is 0 Å². The van der Waals surface area contributed by atoms with Gasteiger partial charge in [-0.1, -0.05) is 0 Å². The molecule has 0 radical (unpaired) electrons. The van der Waals surface area contributed by atoms with E-state index in [1.54, 1.807) is 7.11 Å². The maximum atomic E-state index is 6.20. The molecule has 2 aliphatic carbocycles. The van der Waals surface area contributed by atoms with Crippen molar-refractivity contribution < 1.29 is 9.47 Å². The lowest BCUT2D eigenvalue weighted by Gasteiger charge is -2.39. The summed E-state index contributed by atoms with van der Waals surface area (Å²) in [6, 6.07) is 1.48. The Balaban J connectivity index is 1.30. The summed E-state index contributed by atoms with van der Waals surface area (Å²) in [6.45, 7) is 2.50. The van der Waals surface area contributed by atoms with Gasteiger partial charge in [-0.25, -0.2) is 0 Å². The van der Waals surface area contributed by atoms with Crippen LogP contribution in [0.5, 0.6) is 0 Å². The Hall–Kier alpha value is -0.160. The summed E-state index contributed by atoms with van der Waals surface area (Å²) < 4.78 is 11.5. The van der Waals surface area contributed by atoms with E-state index in [4.69, 9.17) is 9.47 Å². The summed E-state index contributed by atoms with van der Waals surface area (Å²) in [5, 5.41) is 3.89. The molecule has 4 nitrogen and oxygen atoms in total. The lowest BCUT2D eigenvalue weighted by molar-refractivity contribution is -0.123. The second-order valence-electron chi connectivity index (χ2n) is 7.31. The van der Waals surface area contributed by atoms with Crippen LogP contribution in [0.15, 0.2) is 0 Å². The Morgan fingerprint density at radius 1 is 0.810 bits per heavy atom. The minimum atomic E-state index is 0.456. The molecule has 0 atom stereocenters. The molecule has 0 unspecified atom stereocenters. The number of nitrogens with one attached hydrogen (secondary N) is 1. The molecule has 4 heteroatoms. The molecule has 3 fully saturated rings. The van der Waals surface area contributed by atoms with Crippen LogP contribution >= 0.6 is 0 Å². The first-order valence-electron chi connectivity index (χ1n) is 8.85. The van der Waals surface area contributed by atoms with Crippen molar-refractivity contribution in [2.24, 2.45) is 0 Å². The third kappa shape index (κ3) is 4.41. The van der Waals surface area contributed by atoms with Gasteiger partial charge in [0.1, 0.15) is 0 Å². The molecule has 0 spiro atoms. The predicted octanol–water partition coefficient (Wildman–Crippen LogP) is 2.18. The average Bonchev–Trinajstić information content (AvgIpc) is 2.46. The second kappa shape index (κ2) is 7.40. The fraction of sp³-hybridized carbons (Fsp3) is 1.00. The Bertz CT molecular complexity index is 304. The summed E-state index contributed by atoms with van der Waals surface area (Å²) >= 11 is 0. The maximum Gasteiger partial charge on any atom is 0.0628 e. The molecule has 21 heavy (non-hydrogen) atoms. The van der Waals surface area contributed by atoms with Gasteiger partial charge in [-0.3, -0.25) is 0 Å². The van der Waals surface area contributed by atoms with Gasteiger partial charge in [0.25, 0.3) is 0 Å². The maximum absolute atomic E-state index is 6.20. The van der Waals surface area contributed by atoms with Crippen molar-refractivity contribution in [2.75, 3.05) is 27.2 Å². The van der Waals surface area contributed by atoms with Crippen LogP contribution in [0.4, 0.5) is 0 Å². The summed E-state index contributed by atoms with van der Waals surface area (Å²) in [5.41, 5.74) is 0. The molecule has 122 valence electrons. The van der Waals surface area contributed by atoms with Gasteiger partial charge in [0.15, 0.2) is 0 Å². The van der Waals surface area contributed by atoms with Gasteiger partial charge in [-0.2, -0.15) is 0 Å². The topological polar surface area (TPSA) is 33.7 Å². The van der Waals surface area contributed by atoms with Crippen LogP contribution in [0.3, 0.4) is 0 Å². The monoisotopic (exact) mass is 296 g/mol. The fourth-order valence-corrected chi connectivity index (χ4v) is 3.97. The molecule has 1 N–H and O–H groups in total. The van der Waals surface area contributed by atoms with Crippen molar-refractivity contribution in [3.63, 3.8) is 0 Å². The van der Waals surface area contributed by atoms with E-state index in [0.717, 1.165) is 24.9 Å². The first kappa shape index (κ1) is 15.7. The average molecular weight is 296 g/mol. The van der Waals surface area contributed by atoms with Gasteiger partial charge in [0.05, 0.1) is 18.3 Å². The van der Waals surface area contributed by atoms with E-state index in [9.17, 15) is 0 Å². The number of methoxy groups -OCH3 is 1. The molecule has 0 aromatic rings. The summed E-state index contributed by atoms with van der Waals surface area (Å²) in [5.74, 6) is 0. The quantitative estimate of drug-likeness (QED) is 0.843. The number of ether oxygens (including phenoxy) is 2. The molecule has 0 aromatic carbocycles. The summed E-state index contributed by atoms with van der Waals surface area (Å²) in [7, 11) is 4.04. The van der Waals surface area contributed by atoms with E-state index in [1.807, 2.05) is 0 Å². The second-order valence-corrected chi connectivity index (χ2v) is 7.31. The van der Waals surface area contributed by atoms with Crippen molar-refractivity contribution in [2.45, 2.75) is 81.8 Å². The third-order valence-corrected chi connectivity index (χ3v) is 5.63. The molecule has 0 aromatic heterocycles. The highest BCUT2D eigenvalue weighted by molar-refractivity contribution is 4.86. The Labute approximate surface area is 129 Å². The molecule has 1 aliphatic heterocycles.